The third-order valence-corrected chi connectivity index (χ3v) is 3.21. The third kappa shape index (κ3) is 5.13. The van der Waals surface area contributed by atoms with Crippen molar-refractivity contribution >= 4 is 11.8 Å². The molecule has 2 N–H and O–H groups in total. The SMILES string of the molecule is COCCN(CC(N)=O)C(=O)CCc1nc(-c2cccnc2)no1. The van der Waals surface area contributed by atoms with Crippen molar-refractivity contribution < 1.29 is 18.8 Å². The first-order valence-electron chi connectivity index (χ1n) is 7.38. The first-order valence-corrected chi connectivity index (χ1v) is 7.38. The van der Waals surface area contributed by atoms with Gasteiger partial charge in [-0.25, -0.2) is 0 Å². The molecule has 0 bridgehead atoms. The minimum Gasteiger partial charge on any atom is -0.383 e. The van der Waals surface area contributed by atoms with Crippen LogP contribution in [-0.2, 0) is 20.7 Å². The van der Waals surface area contributed by atoms with Gasteiger partial charge in [-0.3, -0.25) is 14.6 Å². The van der Waals surface area contributed by atoms with Crippen LogP contribution < -0.4 is 5.73 Å². The number of nitrogens with two attached hydrogens (primary N) is 1. The van der Waals surface area contributed by atoms with E-state index in [0.717, 1.165) is 5.56 Å². The highest BCUT2D eigenvalue weighted by Crippen LogP contribution is 2.14. The Bertz CT molecular complexity index is 674. The first-order chi connectivity index (χ1) is 11.6. The van der Waals surface area contributed by atoms with Crippen molar-refractivity contribution in [1.82, 2.24) is 20.0 Å². The molecule has 2 heterocycles. The van der Waals surface area contributed by atoms with Crippen LogP contribution in [0.1, 0.15) is 12.3 Å². The first kappa shape index (κ1) is 17.5. The number of hydrogen-bond donors (Lipinski definition) is 1. The predicted octanol–water partition coefficient (Wildman–Crippen LogP) is 0.0245. The molecule has 2 aromatic heterocycles. The zero-order chi connectivity index (χ0) is 17.4. The lowest BCUT2D eigenvalue weighted by Crippen LogP contribution is -2.40. The maximum absolute atomic E-state index is 12.2. The van der Waals surface area contributed by atoms with Gasteiger partial charge in [-0.15, -0.1) is 0 Å². The van der Waals surface area contributed by atoms with Crippen LogP contribution in [0.5, 0.6) is 0 Å². The molecule has 2 aromatic rings. The summed E-state index contributed by atoms with van der Waals surface area (Å²) in [6.45, 7) is 0.473. The molecule has 0 aliphatic rings. The van der Waals surface area contributed by atoms with Crippen molar-refractivity contribution in [1.29, 1.82) is 0 Å². The van der Waals surface area contributed by atoms with Crippen LogP contribution in [-0.4, -0.2) is 58.6 Å². The number of rotatable bonds is 9. The number of pyridine rings is 1. The third-order valence-electron chi connectivity index (χ3n) is 3.21. The van der Waals surface area contributed by atoms with Crippen molar-refractivity contribution in [2.24, 2.45) is 5.73 Å². The van der Waals surface area contributed by atoms with Gasteiger partial charge in [0.15, 0.2) is 0 Å². The van der Waals surface area contributed by atoms with E-state index >= 15 is 0 Å². The van der Waals surface area contributed by atoms with Crippen molar-refractivity contribution in [3.05, 3.63) is 30.4 Å². The largest absolute Gasteiger partial charge is 0.383 e. The second-order valence-corrected chi connectivity index (χ2v) is 5.03. The van der Waals surface area contributed by atoms with Gasteiger partial charge in [0, 0.05) is 44.5 Å². The van der Waals surface area contributed by atoms with E-state index in [1.807, 2.05) is 6.07 Å². The highest BCUT2D eigenvalue weighted by atomic mass is 16.5. The molecule has 9 nitrogen and oxygen atoms in total. The number of amides is 2. The van der Waals surface area contributed by atoms with Gasteiger partial charge in [-0.05, 0) is 12.1 Å². The Morgan fingerprint density at radius 2 is 2.25 bits per heavy atom. The summed E-state index contributed by atoms with van der Waals surface area (Å²) >= 11 is 0. The lowest BCUT2D eigenvalue weighted by atomic mass is 10.2. The van der Waals surface area contributed by atoms with Crippen molar-refractivity contribution in [2.75, 3.05) is 26.8 Å². The predicted molar refractivity (Wildman–Crippen MR) is 83.5 cm³/mol. The zero-order valence-electron chi connectivity index (χ0n) is 13.3. The lowest BCUT2D eigenvalue weighted by Gasteiger charge is -2.20. The maximum Gasteiger partial charge on any atom is 0.237 e. The number of aromatic nitrogens is 3. The average Bonchev–Trinajstić information content (AvgIpc) is 3.06. The van der Waals surface area contributed by atoms with Crippen LogP contribution in [0.15, 0.2) is 29.0 Å². The molecule has 0 saturated heterocycles. The van der Waals surface area contributed by atoms with E-state index in [-0.39, 0.29) is 25.3 Å². The lowest BCUT2D eigenvalue weighted by molar-refractivity contribution is -0.135. The fraction of sp³-hybridized carbons (Fsp3) is 0.400. The standard InChI is InChI=1S/C15H19N5O4/c1-23-8-7-20(10-12(16)21)14(22)5-4-13-18-15(19-24-13)11-3-2-6-17-9-11/h2-3,6,9H,4-5,7-8,10H2,1H3,(H2,16,21). The highest BCUT2D eigenvalue weighted by molar-refractivity contribution is 5.83. The van der Waals surface area contributed by atoms with Crippen LogP contribution in [0, 0.1) is 0 Å². The number of methoxy groups -OCH3 is 1. The summed E-state index contributed by atoms with van der Waals surface area (Å²) in [7, 11) is 1.52. The number of carbonyl (C=O) groups is 2. The summed E-state index contributed by atoms with van der Waals surface area (Å²) in [6.07, 6.45) is 3.68. The Morgan fingerprint density at radius 3 is 2.92 bits per heavy atom. The van der Waals surface area contributed by atoms with E-state index < -0.39 is 5.91 Å². The van der Waals surface area contributed by atoms with E-state index in [4.69, 9.17) is 15.0 Å². The van der Waals surface area contributed by atoms with Gasteiger partial charge in [0.1, 0.15) is 0 Å². The molecule has 24 heavy (non-hydrogen) atoms. The topological polar surface area (TPSA) is 124 Å². The van der Waals surface area contributed by atoms with Gasteiger partial charge in [0.25, 0.3) is 0 Å². The van der Waals surface area contributed by atoms with Crippen LogP contribution in [0.3, 0.4) is 0 Å². The zero-order valence-corrected chi connectivity index (χ0v) is 13.3. The number of ether oxygens (including phenoxy) is 1. The fourth-order valence-corrected chi connectivity index (χ4v) is 2.02. The number of primary amides is 1. The molecule has 0 spiro atoms. The van der Waals surface area contributed by atoms with Crippen molar-refractivity contribution in [2.45, 2.75) is 12.8 Å². The summed E-state index contributed by atoms with van der Waals surface area (Å²) in [5.41, 5.74) is 5.89. The van der Waals surface area contributed by atoms with Crippen LogP contribution in [0.25, 0.3) is 11.4 Å². The Kier molecular flexibility index (Phi) is 6.38. The second kappa shape index (κ2) is 8.73. The van der Waals surface area contributed by atoms with Gasteiger partial charge in [0.05, 0.1) is 13.2 Å². The minimum atomic E-state index is -0.573. The molecular weight excluding hydrogens is 314 g/mol. The average molecular weight is 333 g/mol. The molecule has 0 aliphatic heterocycles. The van der Waals surface area contributed by atoms with E-state index in [1.165, 1.54) is 12.0 Å². The molecular formula is C15H19N5O4. The molecule has 0 fully saturated rings. The number of nitrogens with zero attached hydrogens (tertiary/aromatic N) is 4. The van der Waals surface area contributed by atoms with Crippen molar-refractivity contribution in [3.63, 3.8) is 0 Å². The Balaban J connectivity index is 1.92. The highest BCUT2D eigenvalue weighted by Gasteiger charge is 2.17. The fourth-order valence-electron chi connectivity index (χ4n) is 2.02. The summed E-state index contributed by atoms with van der Waals surface area (Å²) < 4.78 is 10.1. The molecule has 0 aromatic carbocycles. The summed E-state index contributed by atoms with van der Waals surface area (Å²) in [5, 5.41) is 3.86. The quantitative estimate of drug-likeness (QED) is 0.686. The number of hydrogen-bond acceptors (Lipinski definition) is 7. The van der Waals surface area contributed by atoms with Gasteiger partial charge in [0.2, 0.25) is 23.5 Å². The molecule has 2 amide bonds. The molecule has 0 unspecified atom stereocenters. The molecule has 9 heteroatoms. The van der Waals surface area contributed by atoms with Crippen molar-refractivity contribution in [3.8, 4) is 11.4 Å². The number of aryl methyl sites for hydroxylation is 1. The van der Waals surface area contributed by atoms with Gasteiger partial charge in [-0.2, -0.15) is 4.98 Å². The summed E-state index contributed by atoms with van der Waals surface area (Å²) in [6, 6.07) is 3.58. The van der Waals surface area contributed by atoms with Gasteiger partial charge < -0.3 is 19.9 Å². The van der Waals surface area contributed by atoms with E-state index in [0.29, 0.717) is 24.9 Å². The second-order valence-electron chi connectivity index (χ2n) is 5.03. The smallest absolute Gasteiger partial charge is 0.237 e. The normalized spacial score (nSPS) is 10.5. The van der Waals surface area contributed by atoms with Crippen LogP contribution in [0.2, 0.25) is 0 Å². The Morgan fingerprint density at radius 1 is 1.42 bits per heavy atom. The van der Waals surface area contributed by atoms with Crippen LogP contribution in [0.4, 0.5) is 0 Å². The van der Waals surface area contributed by atoms with Crippen LogP contribution >= 0.6 is 0 Å². The van der Waals surface area contributed by atoms with Gasteiger partial charge in [-0.1, -0.05) is 5.16 Å². The monoisotopic (exact) mass is 333 g/mol. The summed E-state index contributed by atoms with van der Waals surface area (Å²) in [4.78, 5) is 32.8. The molecule has 128 valence electrons. The van der Waals surface area contributed by atoms with E-state index in [9.17, 15) is 9.59 Å². The maximum atomic E-state index is 12.2. The Hall–Kier alpha value is -2.81. The Labute approximate surface area is 138 Å². The molecule has 0 radical (unpaired) electrons. The molecule has 0 saturated carbocycles. The van der Waals surface area contributed by atoms with E-state index in [2.05, 4.69) is 15.1 Å². The minimum absolute atomic E-state index is 0.131. The molecule has 0 atom stereocenters. The molecule has 0 aliphatic carbocycles. The molecule has 2 rings (SSSR count). The van der Waals surface area contributed by atoms with E-state index in [1.54, 1.807) is 18.5 Å². The van der Waals surface area contributed by atoms with Gasteiger partial charge >= 0.3 is 0 Å². The number of carbonyl (C=O) groups excluding carboxylic acids is 2. The summed E-state index contributed by atoms with van der Waals surface area (Å²) in [5.74, 6) is -0.0463.